The molecule has 1 nitrogen and oxygen atoms in total. The van der Waals surface area contributed by atoms with Gasteiger partial charge in [0.2, 0.25) is 0 Å². The van der Waals surface area contributed by atoms with Crippen LogP contribution in [0.2, 0.25) is 0 Å². The van der Waals surface area contributed by atoms with Crippen molar-refractivity contribution in [2.75, 3.05) is 0 Å². The molecule has 9 heteroatoms. The first-order valence-corrected chi connectivity index (χ1v) is 0.707. The second-order valence-electron chi connectivity index (χ2n) is 0. The molecule has 0 rings (SSSR count). The number of halogens is 1. The van der Waals surface area contributed by atoms with E-state index in [1.165, 1.54) is 16.2 Å². The summed E-state index contributed by atoms with van der Waals surface area (Å²) in [6.07, 6.45) is 0. The summed E-state index contributed by atoms with van der Waals surface area (Å²) in [5.41, 5.74) is 0. The van der Waals surface area contributed by atoms with Gasteiger partial charge in [-0.3, -0.25) is 4.70 Å². The Morgan fingerprint density at radius 1 is 0.667 bits per heavy atom. The molecule has 0 aromatic heterocycles. The van der Waals surface area contributed by atoms with Crippen LogP contribution in [0.4, 0.5) is 4.70 Å². The third-order valence-electron chi connectivity index (χ3n) is 0. The number of hydrogen-bond donors (Lipinski definition) is 0. The average molecular weight is 207 g/mol. The molecule has 0 spiro atoms. The van der Waals surface area contributed by atoms with Gasteiger partial charge in [0.15, 0.2) is 0 Å². The molecule has 0 atom stereocenters. The van der Waals surface area contributed by atoms with Gasteiger partial charge in [-0.1, -0.05) is 0 Å². The zero-order chi connectivity index (χ0) is 2.00. The summed E-state index contributed by atoms with van der Waals surface area (Å²) in [6, 6.07) is 0. The van der Waals surface area contributed by atoms with Crippen LogP contribution in [0.15, 0.2) is 0 Å². The van der Waals surface area contributed by atoms with Gasteiger partial charge >= 0.3 is 197 Å². The van der Waals surface area contributed by atoms with Gasteiger partial charge in [0, 0.05) is 0 Å². The van der Waals surface area contributed by atoms with Gasteiger partial charge in [-0.2, -0.15) is 0 Å². The van der Waals surface area contributed by atoms with Crippen molar-refractivity contribution in [1.29, 1.82) is 0 Å². The Morgan fingerprint density at radius 2 is 0.667 bits per heavy atom. The predicted molar refractivity (Wildman–Crippen MR) is 15.6 cm³/mol. The molecule has 0 aliphatic carbocycles. The van der Waals surface area contributed by atoms with Crippen LogP contribution in [0.3, 0.4) is 0 Å². The summed E-state index contributed by atoms with van der Waals surface area (Å²) < 4.78 is 8.17. The summed E-state index contributed by atoms with van der Waals surface area (Å²) in [6.45, 7) is 0. The Balaban J connectivity index is -0.0000000000641. The van der Waals surface area contributed by atoms with Crippen LogP contribution in [0.5, 0.6) is 0 Å². The van der Waals surface area contributed by atoms with Gasteiger partial charge in [-0.15, -0.1) is 0 Å². The van der Waals surface area contributed by atoms with Crippen molar-refractivity contribution in [3.63, 3.8) is 0 Å². The first kappa shape index (κ1) is 58.9. The summed E-state index contributed by atoms with van der Waals surface area (Å²) in [5.74, 6) is 0. The van der Waals surface area contributed by atoms with E-state index in [2.05, 4.69) is 0 Å². The second-order valence-corrected chi connectivity index (χ2v) is 0. The van der Waals surface area contributed by atoms with E-state index in [0.29, 0.717) is 0 Å². The molecule has 0 aliphatic heterocycles. The van der Waals surface area contributed by atoms with E-state index in [-0.39, 0.29) is 191 Å². The monoisotopic (exact) mass is 207 g/mol. The molecule has 0 amide bonds. The van der Waals surface area contributed by atoms with Gasteiger partial charge in [-0.05, 0) is 0 Å². The van der Waals surface area contributed by atoms with E-state index in [0.717, 1.165) is 0 Å². The maximum atomic E-state index is 8.17. The summed E-state index contributed by atoms with van der Waals surface area (Å²) in [7, 11) is 0. The van der Waals surface area contributed by atoms with Crippen LogP contribution in [-0.2, 0) is 3.80 Å². The quantitative estimate of drug-likeness (QED) is 0.360. The predicted octanol–water partition coefficient (Wildman–Crippen LogP) is -17.6. The van der Waals surface area contributed by atoms with Crippen molar-refractivity contribution < 1.29 is 194 Å². The van der Waals surface area contributed by atoms with Gasteiger partial charge in [0.05, 0.1) is 0 Å². The van der Waals surface area contributed by atoms with Crippen molar-refractivity contribution in [2.24, 2.45) is 0 Å². The van der Waals surface area contributed by atoms with E-state index in [1.54, 1.807) is 0 Å². The molecule has 0 aromatic rings. The molecule has 0 heterocycles. The minimum absolute atomic E-state index is 0. The van der Waals surface area contributed by atoms with E-state index >= 15 is 0 Å². The first-order chi connectivity index (χ1) is 1.00. The van der Waals surface area contributed by atoms with Crippen molar-refractivity contribution >= 4 is 16.2 Å². The molecule has 0 aliphatic rings. The van der Waals surface area contributed by atoms with Crippen molar-refractivity contribution in [3.8, 4) is 0 Å². The fraction of sp³-hybridized carbons (Fsp3) is 0. The molecule has 0 N–H and O–H groups in total. The number of rotatable bonds is 0. The van der Waals surface area contributed by atoms with Crippen LogP contribution in [-0.4, -0.2) is 16.2 Å². The SMILES string of the molecule is F.[H-].[H-].[H-].[H-].[H-].[H-].[Na+].[Na+].[Na+].[Na+].[Na+].[Na+].[O]=[Al]. The van der Waals surface area contributed by atoms with E-state index < -0.39 is 0 Å². The molecule has 0 aromatic carbocycles. The van der Waals surface area contributed by atoms with Crippen molar-refractivity contribution in [3.05, 3.63) is 0 Å². The zero-order valence-corrected chi connectivity index (χ0v) is 20.5. The van der Waals surface area contributed by atoms with Crippen molar-refractivity contribution in [1.82, 2.24) is 0 Å². The topological polar surface area (TPSA) is 17.1 Å². The van der Waals surface area contributed by atoms with Gasteiger partial charge in [0.1, 0.15) is 0 Å². The van der Waals surface area contributed by atoms with Crippen molar-refractivity contribution in [2.45, 2.75) is 0 Å². The molecule has 0 unspecified atom stereocenters. The molecule has 0 saturated heterocycles. The molecule has 0 fully saturated rings. The molecule has 1 radical (unpaired) electrons. The van der Waals surface area contributed by atoms with Gasteiger partial charge in [-0.25, -0.2) is 0 Å². The Bertz CT molecular complexity index is 27.6. The summed E-state index contributed by atoms with van der Waals surface area (Å²) in [5, 5.41) is 0. The zero-order valence-electron chi connectivity index (χ0n) is 13.4. The van der Waals surface area contributed by atoms with Crippen LogP contribution in [0.25, 0.3) is 0 Å². The Labute approximate surface area is 205 Å². The van der Waals surface area contributed by atoms with Crippen LogP contribution in [0, 0.1) is 0 Å². The molecular weight excluding hydrogens is 200 g/mol. The normalized spacial score (nSPS) is 0.333. The standard InChI is InChI=1S/Al.FH.6Na.O.6H/h;1H;;;;;;;;;;;;;/q;;6*+1;;6*-1. The summed E-state index contributed by atoms with van der Waals surface area (Å²) in [4.78, 5) is 0. The van der Waals surface area contributed by atoms with Crippen LogP contribution in [0.1, 0.15) is 8.56 Å². The number of hydrogen-bond acceptors (Lipinski definition) is 1. The average Bonchev–Trinajstić information content (AvgIpc) is 1.00. The Morgan fingerprint density at radius 3 is 0.667 bits per heavy atom. The fourth-order valence-corrected chi connectivity index (χ4v) is 0. The summed E-state index contributed by atoms with van der Waals surface area (Å²) >= 11 is 1.17. The second kappa shape index (κ2) is 64.0. The molecular formula is H7AlFNa6O. The van der Waals surface area contributed by atoms with E-state index in [9.17, 15) is 0 Å². The third kappa shape index (κ3) is 54.7. The molecule has 29 valence electrons. The molecule has 0 bridgehead atoms. The van der Waals surface area contributed by atoms with Gasteiger partial charge < -0.3 is 8.56 Å². The maximum absolute atomic E-state index is 8.17. The van der Waals surface area contributed by atoms with E-state index in [4.69, 9.17) is 3.80 Å². The molecule has 9 heavy (non-hydrogen) atoms. The Hall–Kier alpha value is 6.26. The minimum atomic E-state index is 0. The van der Waals surface area contributed by atoms with Crippen LogP contribution >= 0.6 is 0 Å². The van der Waals surface area contributed by atoms with Gasteiger partial charge in [0.25, 0.3) is 0 Å². The van der Waals surface area contributed by atoms with E-state index in [1.807, 2.05) is 0 Å². The fourth-order valence-electron chi connectivity index (χ4n) is 0. The first-order valence-electron chi connectivity index (χ1n) is 0.236. The Kier molecular flexibility index (Phi) is 418. The molecule has 0 saturated carbocycles. The van der Waals surface area contributed by atoms with Crippen LogP contribution < -0.4 is 177 Å². The third-order valence-corrected chi connectivity index (χ3v) is 0.